The lowest BCUT2D eigenvalue weighted by Gasteiger charge is -2.27. The van der Waals surface area contributed by atoms with Crippen LogP contribution in [0.2, 0.25) is 0 Å². The first-order valence-electron chi connectivity index (χ1n) is 20.2. The highest BCUT2D eigenvalue weighted by Crippen LogP contribution is 2.42. The summed E-state index contributed by atoms with van der Waals surface area (Å²) in [7, 11) is 7.87. The smallest absolute Gasteiger partial charge is 0.220 e. The number of aryl methyl sites for hydroxylation is 2. The lowest BCUT2D eigenvalue weighted by molar-refractivity contribution is -0.122. The van der Waals surface area contributed by atoms with Crippen molar-refractivity contribution in [2.75, 3.05) is 7.11 Å². The second kappa shape index (κ2) is 26.4. The van der Waals surface area contributed by atoms with Crippen molar-refractivity contribution in [1.82, 2.24) is 5.32 Å². The summed E-state index contributed by atoms with van der Waals surface area (Å²) in [6.45, 7) is 20.1. The Morgan fingerprint density at radius 2 is 1.73 bits per heavy atom. The van der Waals surface area contributed by atoms with Gasteiger partial charge in [-0.25, -0.2) is 0 Å². The fourth-order valence-corrected chi connectivity index (χ4v) is 7.07. The maximum atomic E-state index is 14.1. The number of allylic oxidation sites excluding steroid dienone is 3. The van der Waals surface area contributed by atoms with Crippen molar-refractivity contribution in [3.63, 3.8) is 0 Å². The average Bonchev–Trinajstić information content (AvgIpc) is 4.01. The Balaban J connectivity index is 0.000000559. The highest BCUT2D eigenvalue weighted by Gasteiger charge is 2.32. The van der Waals surface area contributed by atoms with Gasteiger partial charge < -0.3 is 10.1 Å². The second-order valence-corrected chi connectivity index (χ2v) is 14.3. The minimum atomic E-state index is -0.000788. The Morgan fingerprint density at radius 1 is 1.04 bits per heavy atom. The normalized spacial score (nSPS) is 17.2. The van der Waals surface area contributed by atoms with Crippen LogP contribution in [0.3, 0.4) is 0 Å². The van der Waals surface area contributed by atoms with E-state index in [1.165, 1.54) is 61.3 Å². The van der Waals surface area contributed by atoms with E-state index in [-0.39, 0.29) is 17.6 Å². The molecule has 2 aromatic rings. The maximum absolute atomic E-state index is 14.1. The van der Waals surface area contributed by atoms with Crippen LogP contribution in [-0.4, -0.2) is 39.0 Å². The quantitative estimate of drug-likeness (QED) is 0.107. The van der Waals surface area contributed by atoms with Gasteiger partial charge in [0, 0.05) is 24.0 Å². The van der Waals surface area contributed by atoms with Gasteiger partial charge in [0.25, 0.3) is 0 Å². The monoisotopic (exact) mass is 712 g/mol. The van der Waals surface area contributed by atoms with E-state index in [1.807, 2.05) is 38.1 Å². The fraction of sp³-hybridized carbons (Fsp3) is 0.587. The van der Waals surface area contributed by atoms with E-state index < -0.39 is 0 Å². The molecule has 5 nitrogen and oxygen atoms in total. The number of Topliss-reactive ketones (excluding diaryl/α,β-unsaturated/α-hetero) is 1. The molecule has 0 spiro atoms. The molecule has 0 bridgehead atoms. The van der Waals surface area contributed by atoms with Gasteiger partial charge in [0.2, 0.25) is 5.91 Å². The first-order valence-corrected chi connectivity index (χ1v) is 20.2. The predicted octanol–water partition coefficient (Wildman–Crippen LogP) is 10.4. The summed E-state index contributed by atoms with van der Waals surface area (Å²) in [5.74, 6) is 2.81. The van der Waals surface area contributed by atoms with Crippen LogP contribution in [0.5, 0.6) is 5.75 Å². The lowest BCUT2D eigenvalue weighted by atomic mass is 9.80. The van der Waals surface area contributed by atoms with Gasteiger partial charge in [0.15, 0.2) is 5.78 Å². The Labute approximate surface area is 319 Å². The third-order valence-corrected chi connectivity index (χ3v) is 10.1. The van der Waals surface area contributed by atoms with E-state index in [0.29, 0.717) is 30.1 Å². The van der Waals surface area contributed by atoms with Crippen LogP contribution in [0, 0.1) is 24.7 Å². The number of rotatable bonds is 16. The molecule has 0 saturated heterocycles. The standard InChI is InChI=1S/C29H37BO2.C12H23NO.C3H4O.C2H6/c1-6-9-23(15-17-25-21(7-2)10-8-11-27(25)32-5)29(31)28(20(4)22-13-14-22)26-18-24(30)16-12-19(26)3;1-3-4-8-12(14)13-11-7-5-6-10(2)9-11;1-2-3-4;1-2/h8,10-12,16,18,22-23H,6-7,9,13-15,17H2,1-5H3;10-11H,3-9H2,1-2H3,(H,13,14);2-3H,1H2;1-2H3/b28-20-;;;. The Bertz CT molecular complexity index is 1380. The van der Waals surface area contributed by atoms with Crippen LogP contribution >= 0.6 is 0 Å². The van der Waals surface area contributed by atoms with E-state index in [4.69, 9.17) is 17.4 Å². The summed E-state index contributed by atoms with van der Waals surface area (Å²) >= 11 is 0. The van der Waals surface area contributed by atoms with Gasteiger partial charge in [-0.15, -0.1) is 0 Å². The number of hydrogen-bond acceptors (Lipinski definition) is 4. The molecule has 2 aromatic carbocycles. The molecule has 3 unspecified atom stereocenters. The van der Waals surface area contributed by atoms with E-state index in [9.17, 15) is 9.59 Å². The minimum Gasteiger partial charge on any atom is -0.496 e. The molecule has 0 aromatic heterocycles. The summed E-state index contributed by atoms with van der Waals surface area (Å²) in [4.78, 5) is 34.6. The Morgan fingerprint density at radius 3 is 2.29 bits per heavy atom. The number of ether oxygens (including phenoxy) is 1. The van der Waals surface area contributed by atoms with Crippen LogP contribution in [0.4, 0.5) is 0 Å². The van der Waals surface area contributed by atoms with Crippen molar-refractivity contribution in [2.45, 2.75) is 151 Å². The van der Waals surface area contributed by atoms with Crippen molar-refractivity contribution >= 4 is 36.9 Å². The Kier molecular flexibility index (Phi) is 23.6. The molecule has 2 aliphatic rings. The number of carbonyl (C=O) groups is 3. The molecule has 52 heavy (non-hydrogen) atoms. The number of amides is 1. The molecule has 6 heteroatoms. The van der Waals surface area contributed by atoms with Crippen LogP contribution in [0.1, 0.15) is 148 Å². The van der Waals surface area contributed by atoms with Crippen molar-refractivity contribution in [3.8, 4) is 5.75 Å². The number of aldehydes is 1. The molecule has 2 saturated carbocycles. The first kappa shape index (κ1) is 46.6. The molecule has 2 radical (unpaired) electrons. The highest BCUT2D eigenvalue weighted by molar-refractivity contribution is 6.33. The summed E-state index contributed by atoms with van der Waals surface area (Å²) in [5, 5.41) is 3.15. The molecule has 1 N–H and O–H groups in total. The van der Waals surface area contributed by atoms with Gasteiger partial charge >= 0.3 is 0 Å². The van der Waals surface area contributed by atoms with Gasteiger partial charge in [0.1, 0.15) is 19.9 Å². The van der Waals surface area contributed by atoms with Crippen molar-refractivity contribution in [3.05, 3.63) is 76.9 Å². The summed E-state index contributed by atoms with van der Waals surface area (Å²) in [5.41, 5.74) is 7.58. The van der Waals surface area contributed by atoms with Crippen LogP contribution in [-0.2, 0) is 27.2 Å². The molecule has 2 aliphatic carbocycles. The SMILES string of the molecule is C=CC=O.CC.CCCCC(=O)NC1CCCC(C)C1.[B]c1ccc(C)c(/C(C(=O)C(CCC)CCc2c(CC)cccc2OC)=C(\C)C2CC2)c1. The van der Waals surface area contributed by atoms with Gasteiger partial charge in [0.05, 0.1) is 7.11 Å². The number of hydrogen-bond donors (Lipinski definition) is 1. The summed E-state index contributed by atoms with van der Waals surface area (Å²) < 4.78 is 5.66. The number of carbonyl (C=O) groups excluding carboxylic acids is 3. The lowest BCUT2D eigenvalue weighted by Crippen LogP contribution is -2.37. The molecule has 286 valence electrons. The van der Waals surface area contributed by atoms with Crippen molar-refractivity contribution in [1.29, 1.82) is 0 Å². The largest absolute Gasteiger partial charge is 0.496 e. The number of methoxy groups -OCH3 is 1. The number of ketones is 1. The van der Waals surface area contributed by atoms with Gasteiger partial charge in [-0.1, -0.05) is 115 Å². The second-order valence-electron chi connectivity index (χ2n) is 14.3. The maximum Gasteiger partial charge on any atom is 0.220 e. The third-order valence-electron chi connectivity index (χ3n) is 10.1. The van der Waals surface area contributed by atoms with E-state index in [2.05, 4.69) is 65.6 Å². The van der Waals surface area contributed by atoms with Crippen LogP contribution < -0.4 is 15.5 Å². The molecule has 1 amide bonds. The highest BCUT2D eigenvalue weighted by atomic mass is 16.5. The average molecular weight is 712 g/mol. The van der Waals surface area contributed by atoms with Crippen molar-refractivity contribution in [2.24, 2.45) is 17.8 Å². The molecule has 3 atom stereocenters. The molecule has 0 heterocycles. The van der Waals surface area contributed by atoms with Crippen LogP contribution in [0.15, 0.2) is 54.6 Å². The number of benzene rings is 2. The van der Waals surface area contributed by atoms with Gasteiger partial charge in [-0.3, -0.25) is 14.4 Å². The van der Waals surface area contributed by atoms with E-state index in [1.54, 1.807) is 7.11 Å². The zero-order valence-electron chi connectivity index (χ0n) is 34.2. The fourth-order valence-electron chi connectivity index (χ4n) is 7.07. The molecule has 2 fully saturated rings. The molecular weight excluding hydrogens is 641 g/mol. The number of nitrogens with one attached hydrogen (secondary N) is 1. The molecule has 0 aliphatic heterocycles. The molecular formula is C46H70BNO4. The minimum absolute atomic E-state index is 0.000788. The first-order chi connectivity index (χ1) is 25.0. The Hall–Kier alpha value is -3.41. The van der Waals surface area contributed by atoms with E-state index >= 15 is 0 Å². The van der Waals surface area contributed by atoms with Crippen LogP contribution in [0.25, 0.3) is 5.57 Å². The number of unbranched alkanes of at least 4 members (excludes halogenated alkanes) is 1. The van der Waals surface area contributed by atoms with E-state index in [0.717, 1.165) is 73.3 Å². The zero-order chi connectivity index (χ0) is 39.1. The van der Waals surface area contributed by atoms with Gasteiger partial charge in [-0.05, 0) is 118 Å². The topological polar surface area (TPSA) is 72.5 Å². The third kappa shape index (κ3) is 16.1. The zero-order valence-corrected chi connectivity index (χ0v) is 34.2. The van der Waals surface area contributed by atoms with Gasteiger partial charge in [-0.2, -0.15) is 0 Å². The van der Waals surface area contributed by atoms with Crippen molar-refractivity contribution < 1.29 is 19.1 Å². The summed E-state index contributed by atoms with van der Waals surface area (Å²) in [6.07, 6.45) is 16.6. The summed E-state index contributed by atoms with van der Waals surface area (Å²) in [6, 6.07) is 12.7. The predicted molar refractivity (Wildman–Crippen MR) is 223 cm³/mol. The molecule has 4 rings (SSSR count).